The van der Waals surface area contributed by atoms with Gasteiger partial charge in [0.2, 0.25) is 11.8 Å². The third kappa shape index (κ3) is 1.95. The molecule has 1 aromatic carbocycles. The Balaban J connectivity index is 2.12. The van der Waals surface area contributed by atoms with Gasteiger partial charge in [-0.25, -0.2) is 9.69 Å². The van der Waals surface area contributed by atoms with Gasteiger partial charge in [0.25, 0.3) is 0 Å². The molecule has 1 aromatic rings. The molecule has 2 amide bonds. The maximum absolute atomic E-state index is 13.1. The van der Waals surface area contributed by atoms with Crippen LogP contribution in [-0.2, 0) is 19.1 Å². The van der Waals surface area contributed by atoms with E-state index in [0.717, 1.165) is 4.90 Å². The second-order valence-electron chi connectivity index (χ2n) is 7.14. The van der Waals surface area contributed by atoms with Gasteiger partial charge in [-0.15, -0.1) is 0 Å². The Morgan fingerprint density at radius 2 is 1.79 bits per heavy atom. The zero-order valence-corrected chi connectivity index (χ0v) is 14.1. The van der Waals surface area contributed by atoms with Crippen molar-refractivity contribution in [1.29, 1.82) is 0 Å². The quantitative estimate of drug-likeness (QED) is 0.613. The second kappa shape index (κ2) is 5.26. The molecule has 1 saturated heterocycles. The molecule has 6 nitrogen and oxygen atoms in total. The smallest absolute Gasteiger partial charge is 0.335 e. The lowest BCUT2D eigenvalue weighted by molar-refractivity contribution is -0.156. The SMILES string of the molecule is COC(=O)[C@]1(C(C)(C)C)N=C[C@@H]2C(=O)N(c3ccccc3)C(=O)[C@@H]21. The normalized spacial score (nSPS) is 29.1. The number of carbonyl (C=O) groups is 3. The fraction of sp³-hybridized carbons (Fsp3) is 0.444. The molecule has 6 heteroatoms. The second-order valence-corrected chi connectivity index (χ2v) is 7.14. The van der Waals surface area contributed by atoms with Crippen molar-refractivity contribution < 1.29 is 19.1 Å². The number of nitrogens with zero attached hydrogens (tertiary/aromatic N) is 2. The van der Waals surface area contributed by atoms with Crippen LogP contribution in [0.2, 0.25) is 0 Å². The van der Waals surface area contributed by atoms with Crippen molar-refractivity contribution in [3.8, 4) is 0 Å². The minimum atomic E-state index is -1.40. The van der Waals surface area contributed by atoms with E-state index in [-0.39, 0.29) is 5.91 Å². The number of aliphatic imine (C=N–C) groups is 1. The van der Waals surface area contributed by atoms with Crippen molar-refractivity contribution in [2.45, 2.75) is 26.3 Å². The Morgan fingerprint density at radius 3 is 2.33 bits per heavy atom. The molecule has 2 aliphatic rings. The first-order valence-corrected chi connectivity index (χ1v) is 7.82. The van der Waals surface area contributed by atoms with E-state index in [9.17, 15) is 14.4 Å². The molecule has 0 saturated carbocycles. The number of amides is 2. The molecular weight excluding hydrogens is 308 g/mol. The maximum Gasteiger partial charge on any atom is 0.335 e. The van der Waals surface area contributed by atoms with Crippen LogP contribution in [0.3, 0.4) is 0 Å². The molecule has 0 unspecified atom stereocenters. The zero-order chi connectivity index (χ0) is 17.7. The molecule has 0 radical (unpaired) electrons. The highest BCUT2D eigenvalue weighted by molar-refractivity contribution is 6.28. The molecule has 126 valence electrons. The number of hydrogen-bond acceptors (Lipinski definition) is 5. The lowest BCUT2D eigenvalue weighted by Gasteiger charge is -2.40. The standard InChI is InChI=1S/C18H20N2O4/c1-17(2,3)18(16(23)24-4)13-12(10-19-18)14(21)20(15(13)22)11-8-6-5-7-9-11/h5-10,12-13H,1-4H3/t12-,13+,18+/m0/s1. The van der Waals surface area contributed by atoms with Gasteiger partial charge in [0.1, 0.15) is 0 Å². The summed E-state index contributed by atoms with van der Waals surface area (Å²) in [4.78, 5) is 44.0. The molecule has 24 heavy (non-hydrogen) atoms. The highest BCUT2D eigenvalue weighted by Crippen LogP contribution is 2.51. The third-order valence-electron chi connectivity index (χ3n) is 4.89. The number of benzene rings is 1. The summed E-state index contributed by atoms with van der Waals surface area (Å²) in [5, 5.41) is 0. The van der Waals surface area contributed by atoms with E-state index in [0.29, 0.717) is 5.69 Å². The number of carbonyl (C=O) groups excluding carboxylic acids is 3. The fourth-order valence-corrected chi connectivity index (χ4v) is 3.69. The average molecular weight is 328 g/mol. The summed E-state index contributed by atoms with van der Waals surface area (Å²) in [6.07, 6.45) is 1.44. The molecule has 3 atom stereocenters. The van der Waals surface area contributed by atoms with Gasteiger partial charge in [0.05, 0.1) is 24.6 Å². The van der Waals surface area contributed by atoms with Crippen molar-refractivity contribution in [1.82, 2.24) is 0 Å². The first-order valence-electron chi connectivity index (χ1n) is 7.82. The van der Waals surface area contributed by atoms with Gasteiger partial charge in [-0.2, -0.15) is 0 Å². The Morgan fingerprint density at radius 1 is 1.17 bits per heavy atom. The van der Waals surface area contributed by atoms with Crippen LogP contribution < -0.4 is 4.90 Å². The minimum Gasteiger partial charge on any atom is -0.467 e. The molecule has 0 aliphatic carbocycles. The highest BCUT2D eigenvalue weighted by atomic mass is 16.5. The van der Waals surface area contributed by atoms with Crippen LogP contribution >= 0.6 is 0 Å². The van der Waals surface area contributed by atoms with Gasteiger partial charge in [0, 0.05) is 6.21 Å². The van der Waals surface area contributed by atoms with E-state index in [1.807, 2.05) is 26.8 Å². The van der Waals surface area contributed by atoms with Crippen LogP contribution in [-0.4, -0.2) is 36.6 Å². The van der Waals surface area contributed by atoms with Gasteiger partial charge >= 0.3 is 5.97 Å². The van der Waals surface area contributed by atoms with E-state index in [4.69, 9.17) is 4.74 Å². The molecule has 2 heterocycles. The van der Waals surface area contributed by atoms with Crippen LogP contribution in [0.5, 0.6) is 0 Å². The average Bonchev–Trinajstić information content (AvgIpc) is 3.06. The highest BCUT2D eigenvalue weighted by Gasteiger charge is 2.68. The third-order valence-corrected chi connectivity index (χ3v) is 4.89. The Bertz CT molecular complexity index is 735. The molecule has 0 aromatic heterocycles. The predicted molar refractivity (Wildman–Crippen MR) is 88.6 cm³/mol. The Labute approximate surface area is 140 Å². The summed E-state index contributed by atoms with van der Waals surface area (Å²) in [6.45, 7) is 5.48. The van der Waals surface area contributed by atoms with E-state index in [1.165, 1.54) is 13.3 Å². The minimum absolute atomic E-state index is 0.352. The van der Waals surface area contributed by atoms with Crippen LogP contribution in [0, 0.1) is 17.3 Å². The van der Waals surface area contributed by atoms with Crippen LogP contribution in [0.1, 0.15) is 20.8 Å². The van der Waals surface area contributed by atoms with Gasteiger partial charge in [0.15, 0.2) is 5.54 Å². The van der Waals surface area contributed by atoms with Crippen LogP contribution in [0.15, 0.2) is 35.3 Å². The number of methoxy groups -OCH3 is 1. The maximum atomic E-state index is 13.1. The number of hydrogen-bond donors (Lipinski definition) is 0. The molecule has 0 N–H and O–H groups in total. The van der Waals surface area contributed by atoms with Crippen LogP contribution in [0.4, 0.5) is 5.69 Å². The van der Waals surface area contributed by atoms with E-state index in [2.05, 4.69) is 4.99 Å². The molecule has 0 bridgehead atoms. The van der Waals surface area contributed by atoms with Gasteiger partial charge in [-0.1, -0.05) is 39.0 Å². The number of fused-ring (bicyclic) bond motifs is 1. The predicted octanol–water partition coefficient (Wildman–Crippen LogP) is 1.83. The summed E-state index contributed by atoms with van der Waals surface area (Å²) in [5.74, 6) is -2.97. The van der Waals surface area contributed by atoms with Crippen LogP contribution in [0.25, 0.3) is 0 Å². The molecule has 0 spiro atoms. The van der Waals surface area contributed by atoms with E-state index in [1.54, 1.807) is 24.3 Å². The largest absolute Gasteiger partial charge is 0.467 e. The molecule has 3 rings (SSSR count). The lowest BCUT2D eigenvalue weighted by Crippen LogP contribution is -2.56. The summed E-state index contributed by atoms with van der Waals surface area (Å²) < 4.78 is 4.96. The molecular formula is C18H20N2O4. The van der Waals surface area contributed by atoms with Crippen molar-refractivity contribution in [3.63, 3.8) is 0 Å². The van der Waals surface area contributed by atoms with Crippen molar-refractivity contribution in [2.75, 3.05) is 12.0 Å². The first kappa shape index (κ1) is 16.4. The van der Waals surface area contributed by atoms with E-state index >= 15 is 0 Å². The number of imide groups is 1. The number of rotatable bonds is 2. The lowest BCUT2D eigenvalue weighted by atomic mass is 9.65. The molecule has 1 fully saturated rings. The fourth-order valence-electron chi connectivity index (χ4n) is 3.69. The first-order chi connectivity index (χ1) is 11.3. The van der Waals surface area contributed by atoms with Gasteiger partial charge < -0.3 is 4.74 Å². The van der Waals surface area contributed by atoms with Gasteiger partial charge in [-0.05, 0) is 17.5 Å². The summed E-state index contributed by atoms with van der Waals surface area (Å²) >= 11 is 0. The monoisotopic (exact) mass is 328 g/mol. The molecule has 2 aliphatic heterocycles. The van der Waals surface area contributed by atoms with Gasteiger partial charge in [-0.3, -0.25) is 14.6 Å². The van der Waals surface area contributed by atoms with Crippen molar-refractivity contribution >= 4 is 29.7 Å². The Hall–Kier alpha value is -2.50. The van der Waals surface area contributed by atoms with Crippen molar-refractivity contribution in [2.24, 2.45) is 22.2 Å². The number of ether oxygens (including phenoxy) is 1. The van der Waals surface area contributed by atoms with Crippen molar-refractivity contribution in [3.05, 3.63) is 30.3 Å². The summed E-state index contributed by atoms with van der Waals surface area (Å²) in [7, 11) is 1.27. The number of esters is 1. The summed E-state index contributed by atoms with van der Waals surface area (Å²) in [5.41, 5.74) is -1.58. The number of anilines is 1. The topological polar surface area (TPSA) is 76.0 Å². The number of para-hydroxylation sites is 1. The summed E-state index contributed by atoms with van der Waals surface area (Å²) in [6, 6.07) is 8.73. The zero-order valence-electron chi connectivity index (χ0n) is 14.1. The van der Waals surface area contributed by atoms with E-state index < -0.39 is 34.7 Å². The Kier molecular flexibility index (Phi) is 3.59.